The molecular weight excluding hydrogens is 508 g/mol. The Morgan fingerprint density at radius 1 is 1.05 bits per heavy atom. The van der Waals surface area contributed by atoms with E-state index in [4.69, 9.17) is 9.84 Å². The molecule has 2 heterocycles. The van der Waals surface area contributed by atoms with Crippen molar-refractivity contribution in [2.75, 3.05) is 32.6 Å². The van der Waals surface area contributed by atoms with Crippen molar-refractivity contribution >= 4 is 36.8 Å². The number of anilines is 1. The van der Waals surface area contributed by atoms with Crippen molar-refractivity contribution in [2.24, 2.45) is 0 Å². The number of para-hydroxylation sites is 1. The predicted octanol–water partition coefficient (Wildman–Crippen LogP) is 7.43. The second-order valence-corrected chi connectivity index (χ2v) is 18.8. The van der Waals surface area contributed by atoms with Gasteiger partial charge in [-0.3, -0.25) is 0 Å². The molecule has 2 aliphatic rings. The number of hydrogen-bond donors (Lipinski definition) is 1. The van der Waals surface area contributed by atoms with Crippen molar-refractivity contribution in [3.63, 3.8) is 0 Å². The first-order valence-corrected chi connectivity index (χ1v) is 18.3. The van der Waals surface area contributed by atoms with Crippen molar-refractivity contribution in [3.8, 4) is 0 Å². The van der Waals surface area contributed by atoms with Crippen LogP contribution in [0.2, 0.25) is 25.7 Å². The molecule has 0 amide bonds. The molecule has 5 nitrogen and oxygen atoms in total. The Hall–Kier alpha value is -3.19. The Morgan fingerprint density at radius 3 is 2.62 bits per heavy atom. The van der Waals surface area contributed by atoms with Gasteiger partial charge in [-0.1, -0.05) is 80.3 Å². The molecule has 2 unspecified atom stereocenters. The first-order chi connectivity index (χ1) is 19.2. The lowest BCUT2D eigenvalue weighted by atomic mass is 9.92. The fourth-order valence-electron chi connectivity index (χ4n) is 6.11. The summed E-state index contributed by atoms with van der Waals surface area (Å²) in [6.45, 7) is 10.4. The lowest BCUT2D eigenvalue weighted by Gasteiger charge is -2.15. The van der Waals surface area contributed by atoms with Crippen molar-refractivity contribution in [1.82, 2.24) is 14.7 Å². The fraction of sp³-hybridized carbons (Fsp3) is 0.382. The Bertz CT molecular complexity index is 1530. The minimum Gasteiger partial charge on any atom is -0.384 e. The third-order valence-electron chi connectivity index (χ3n) is 8.46. The van der Waals surface area contributed by atoms with Gasteiger partial charge in [0.05, 0.1) is 11.2 Å². The lowest BCUT2D eigenvalue weighted by molar-refractivity contribution is 0.0816. The van der Waals surface area contributed by atoms with Gasteiger partial charge in [-0.2, -0.15) is 5.10 Å². The summed E-state index contributed by atoms with van der Waals surface area (Å²) in [4.78, 5) is 2.19. The highest BCUT2D eigenvalue weighted by molar-refractivity contribution is 6.76. The quantitative estimate of drug-likeness (QED) is 0.165. The number of rotatable bonds is 10. The lowest BCUT2D eigenvalue weighted by Crippen LogP contribution is -2.22. The Balaban J connectivity index is 1.27. The van der Waals surface area contributed by atoms with Crippen LogP contribution in [0.1, 0.15) is 40.3 Å². The van der Waals surface area contributed by atoms with E-state index in [1.54, 1.807) is 0 Å². The van der Waals surface area contributed by atoms with Gasteiger partial charge in [0.15, 0.2) is 0 Å². The Kier molecular flexibility index (Phi) is 7.19. The SMILES string of the molecule is CN(C)Cc1ccc(/C=C/c2nn(COCC[Si](C)(C)C)c3cc(C4CC45CNc4ccccc45)ccc23)cc1. The molecule has 1 fully saturated rings. The van der Waals surface area contributed by atoms with E-state index in [2.05, 4.69) is 128 Å². The van der Waals surface area contributed by atoms with Crippen LogP contribution in [-0.2, 0) is 23.4 Å². The molecule has 1 aliphatic carbocycles. The topological polar surface area (TPSA) is 42.3 Å². The van der Waals surface area contributed by atoms with Gasteiger partial charge in [-0.05, 0) is 72.9 Å². The van der Waals surface area contributed by atoms with Gasteiger partial charge in [0, 0.05) is 44.3 Å². The summed E-state index contributed by atoms with van der Waals surface area (Å²) in [6.07, 6.45) is 5.51. The van der Waals surface area contributed by atoms with Gasteiger partial charge in [-0.15, -0.1) is 0 Å². The zero-order valence-corrected chi connectivity index (χ0v) is 25.6. The maximum Gasteiger partial charge on any atom is 0.140 e. The van der Waals surface area contributed by atoms with Crippen molar-refractivity contribution in [2.45, 2.75) is 56.7 Å². The van der Waals surface area contributed by atoms with E-state index in [1.165, 1.54) is 39.7 Å². The van der Waals surface area contributed by atoms with E-state index >= 15 is 0 Å². The van der Waals surface area contributed by atoms with Gasteiger partial charge in [0.1, 0.15) is 6.73 Å². The summed E-state index contributed by atoms with van der Waals surface area (Å²) in [5, 5.41) is 9.87. The highest BCUT2D eigenvalue weighted by Gasteiger charge is 2.58. The van der Waals surface area contributed by atoms with Crippen LogP contribution in [-0.4, -0.2) is 50.0 Å². The number of hydrogen-bond acceptors (Lipinski definition) is 4. The monoisotopic (exact) mass is 550 g/mol. The molecule has 4 aromatic rings. The number of benzene rings is 3. The van der Waals surface area contributed by atoms with Gasteiger partial charge in [0.25, 0.3) is 0 Å². The summed E-state index contributed by atoms with van der Waals surface area (Å²) in [6, 6.07) is 25.7. The van der Waals surface area contributed by atoms with Crippen molar-refractivity contribution in [1.29, 1.82) is 0 Å². The van der Waals surface area contributed by atoms with Gasteiger partial charge >= 0.3 is 0 Å². The molecule has 40 heavy (non-hydrogen) atoms. The maximum atomic E-state index is 6.18. The molecule has 1 saturated carbocycles. The maximum absolute atomic E-state index is 6.18. The normalized spacial score (nSPS) is 20.1. The van der Waals surface area contributed by atoms with Crippen LogP contribution in [0, 0.1) is 0 Å². The third kappa shape index (κ3) is 5.53. The van der Waals surface area contributed by atoms with Crippen LogP contribution in [0.3, 0.4) is 0 Å². The average Bonchev–Trinajstić information content (AvgIpc) is 3.40. The van der Waals surface area contributed by atoms with E-state index in [-0.39, 0.29) is 5.41 Å². The fourth-order valence-corrected chi connectivity index (χ4v) is 6.87. The predicted molar refractivity (Wildman–Crippen MR) is 171 cm³/mol. The molecule has 0 saturated heterocycles. The van der Waals surface area contributed by atoms with Gasteiger partial charge in [0.2, 0.25) is 0 Å². The van der Waals surface area contributed by atoms with E-state index in [0.29, 0.717) is 12.6 Å². The number of fused-ring (bicyclic) bond motifs is 3. The van der Waals surface area contributed by atoms with E-state index in [9.17, 15) is 0 Å². The first-order valence-electron chi connectivity index (χ1n) is 14.6. The third-order valence-corrected chi connectivity index (χ3v) is 10.2. The molecular formula is C34H42N4OSi. The van der Waals surface area contributed by atoms with Crippen LogP contribution in [0.15, 0.2) is 66.7 Å². The number of nitrogens with one attached hydrogen (secondary N) is 1. The largest absolute Gasteiger partial charge is 0.384 e. The standard InChI is InChI=1S/C34H42N4OSi/c1-37(2)22-26-12-10-25(11-13-26)14-17-31-28-16-15-27(20-33(28)38(36-31)24-39-18-19-40(3,4)5)30-21-34(30)23-35-32-9-7-6-8-29(32)34/h6-17,20,30,35H,18-19,21-24H2,1-5H3/b17-14+. The molecule has 1 aromatic heterocycles. The summed E-state index contributed by atoms with van der Waals surface area (Å²) in [5.74, 6) is 0.531. The van der Waals surface area contributed by atoms with Crippen LogP contribution >= 0.6 is 0 Å². The Labute approximate surface area is 239 Å². The number of nitrogens with zero attached hydrogens (tertiary/aromatic N) is 3. The van der Waals surface area contributed by atoms with Crippen LogP contribution in [0.25, 0.3) is 23.1 Å². The number of ether oxygens (including phenoxy) is 1. The minimum atomic E-state index is -1.15. The summed E-state index contributed by atoms with van der Waals surface area (Å²) >= 11 is 0. The van der Waals surface area contributed by atoms with E-state index in [1.807, 2.05) is 0 Å². The molecule has 1 aliphatic heterocycles. The minimum absolute atomic E-state index is 0.227. The van der Waals surface area contributed by atoms with E-state index in [0.717, 1.165) is 37.0 Å². The average molecular weight is 551 g/mol. The summed E-state index contributed by atoms with van der Waals surface area (Å²) in [7, 11) is 3.05. The smallest absolute Gasteiger partial charge is 0.140 e. The van der Waals surface area contributed by atoms with Gasteiger partial charge in [-0.25, -0.2) is 4.68 Å². The van der Waals surface area contributed by atoms with Crippen LogP contribution < -0.4 is 5.32 Å². The first kappa shape index (κ1) is 27.0. The Morgan fingerprint density at radius 2 is 1.85 bits per heavy atom. The summed E-state index contributed by atoms with van der Waals surface area (Å²) < 4.78 is 8.25. The summed E-state index contributed by atoms with van der Waals surface area (Å²) in [5.41, 5.74) is 9.06. The second kappa shape index (κ2) is 10.7. The molecule has 0 radical (unpaired) electrons. The zero-order chi connectivity index (χ0) is 27.9. The van der Waals surface area contributed by atoms with E-state index < -0.39 is 8.07 Å². The molecule has 2 atom stereocenters. The highest BCUT2D eigenvalue weighted by Crippen LogP contribution is 2.64. The van der Waals surface area contributed by atoms with Gasteiger partial charge < -0.3 is 15.0 Å². The second-order valence-electron chi connectivity index (χ2n) is 13.1. The molecule has 3 aromatic carbocycles. The highest BCUT2D eigenvalue weighted by atomic mass is 28.3. The van der Waals surface area contributed by atoms with Crippen LogP contribution in [0.5, 0.6) is 0 Å². The molecule has 6 rings (SSSR count). The molecule has 208 valence electrons. The zero-order valence-electron chi connectivity index (χ0n) is 24.6. The van der Waals surface area contributed by atoms with Crippen LogP contribution in [0.4, 0.5) is 5.69 Å². The van der Waals surface area contributed by atoms with Crippen molar-refractivity contribution < 1.29 is 4.74 Å². The molecule has 6 heteroatoms. The molecule has 1 spiro atoms. The van der Waals surface area contributed by atoms with Crippen molar-refractivity contribution in [3.05, 3.63) is 94.7 Å². The number of aromatic nitrogens is 2. The molecule has 1 N–H and O–H groups in total. The molecule has 0 bridgehead atoms.